The lowest BCUT2D eigenvalue weighted by atomic mass is 10.1. The lowest BCUT2D eigenvalue weighted by Gasteiger charge is -2.05. The molecule has 2 nitrogen and oxygen atoms in total. The van der Waals surface area contributed by atoms with Gasteiger partial charge in [0.1, 0.15) is 5.75 Å². The van der Waals surface area contributed by atoms with Gasteiger partial charge in [-0.25, -0.2) is 0 Å². The fourth-order valence-electron chi connectivity index (χ4n) is 1.15. The van der Waals surface area contributed by atoms with Gasteiger partial charge in [0.2, 0.25) is 0 Å². The summed E-state index contributed by atoms with van der Waals surface area (Å²) in [6, 6.07) is 6.01. The van der Waals surface area contributed by atoms with Gasteiger partial charge in [0.15, 0.2) is 0 Å². The third-order valence-electron chi connectivity index (χ3n) is 1.91. The number of halogens is 1. The van der Waals surface area contributed by atoms with Crippen LogP contribution in [0.1, 0.15) is 12.0 Å². The molecule has 0 aromatic heterocycles. The average molecular weight is 244 g/mol. The standard InChI is InChI=1S/C10H14BrNO/c1-13-9-5-4-8(3-2-6-12)10(11)7-9/h4-5,7H,2-3,6,12H2,1H3. The zero-order valence-electron chi connectivity index (χ0n) is 7.72. The molecular weight excluding hydrogens is 230 g/mol. The second kappa shape index (κ2) is 5.25. The molecule has 1 rings (SSSR count). The Morgan fingerprint density at radius 2 is 2.23 bits per heavy atom. The summed E-state index contributed by atoms with van der Waals surface area (Å²) < 4.78 is 6.20. The van der Waals surface area contributed by atoms with Crippen molar-refractivity contribution in [3.63, 3.8) is 0 Å². The minimum absolute atomic E-state index is 0.735. The maximum absolute atomic E-state index is 5.44. The van der Waals surface area contributed by atoms with Gasteiger partial charge in [-0.2, -0.15) is 0 Å². The van der Waals surface area contributed by atoms with Crippen LogP contribution < -0.4 is 10.5 Å². The Morgan fingerprint density at radius 3 is 2.77 bits per heavy atom. The molecule has 0 aliphatic heterocycles. The van der Waals surface area contributed by atoms with Gasteiger partial charge in [-0.3, -0.25) is 0 Å². The SMILES string of the molecule is COc1ccc(CCCN)c(Br)c1. The Balaban J connectivity index is 2.73. The molecule has 0 radical (unpaired) electrons. The molecule has 1 aromatic rings. The summed E-state index contributed by atoms with van der Waals surface area (Å²) in [6.07, 6.45) is 2.03. The molecule has 0 bridgehead atoms. The van der Waals surface area contributed by atoms with Crippen molar-refractivity contribution in [3.8, 4) is 5.75 Å². The van der Waals surface area contributed by atoms with E-state index in [1.807, 2.05) is 12.1 Å². The normalized spacial score (nSPS) is 10.1. The highest BCUT2D eigenvalue weighted by Gasteiger charge is 2.00. The van der Waals surface area contributed by atoms with E-state index in [0.717, 1.165) is 29.6 Å². The molecule has 0 saturated carbocycles. The zero-order valence-corrected chi connectivity index (χ0v) is 9.30. The van der Waals surface area contributed by atoms with Crippen molar-refractivity contribution >= 4 is 15.9 Å². The Morgan fingerprint density at radius 1 is 1.46 bits per heavy atom. The van der Waals surface area contributed by atoms with Crippen molar-refractivity contribution in [2.75, 3.05) is 13.7 Å². The van der Waals surface area contributed by atoms with E-state index in [1.165, 1.54) is 5.56 Å². The first-order valence-electron chi connectivity index (χ1n) is 4.30. The van der Waals surface area contributed by atoms with E-state index in [0.29, 0.717) is 0 Å². The first kappa shape index (κ1) is 10.5. The number of hydrogen-bond donors (Lipinski definition) is 1. The second-order valence-electron chi connectivity index (χ2n) is 2.85. The Bertz CT molecular complexity index is 276. The second-order valence-corrected chi connectivity index (χ2v) is 3.70. The summed E-state index contributed by atoms with van der Waals surface area (Å²) in [5.41, 5.74) is 6.73. The number of rotatable bonds is 4. The maximum Gasteiger partial charge on any atom is 0.120 e. The molecule has 0 heterocycles. The molecule has 1 aromatic carbocycles. The smallest absolute Gasteiger partial charge is 0.120 e. The summed E-state index contributed by atoms with van der Waals surface area (Å²) in [7, 11) is 1.67. The highest BCUT2D eigenvalue weighted by atomic mass is 79.9. The van der Waals surface area contributed by atoms with Gasteiger partial charge in [0.25, 0.3) is 0 Å². The van der Waals surface area contributed by atoms with Crippen LogP contribution in [0, 0.1) is 0 Å². The van der Waals surface area contributed by atoms with Gasteiger partial charge in [-0.15, -0.1) is 0 Å². The van der Waals surface area contributed by atoms with Crippen LogP contribution in [0.3, 0.4) is 0 Å². The van der Waals surface area contributed by atoms with Crippen molar-refractivity contribution < 1.29 is 4.74 Å². The fourth-order valence-corrected chi connectivity index (χ4v) is 1.71. The summed E-state index contributed by atoms with van der Waals surface area (Å²) in [5.74, 6) is 0.878. The minimum Gasteiger partial charge on any atom is -0.497 e. The summed E-state index contributed by atoms with van der Waals surface area (Å²) in [5, 5.41) is 0. The summed E-state index contributed by atoms with van der Waals surface area (Å²) >= 11 is 3.50. The molecule has 13 heavy (non-hydrogen) atoms. The summed E-state index contributed by atoms with van der Waals surface area (Å²) in [6.45, 7) is 0.735. The zero-order chi connectivity index (χ0) is 9.68. The lowest BCUT2D eigenvalue weighted by molar-refractivity contribution is 0.414. The predicted octanol–water partition coefficient (Wildman–Crippen LogP) is 2.35. The van der Waals surface area contributed by atoms with Gasteiger partial charge in [0.05, 0.1) is 7.11 Å². The quantitative estimate of drug-likeness (QED) is 0.882. The highest BCUT2D eigenvalue weighted by molar-refractivity contribution is 9.10. The van der Waals surface area contributed by atoms with Crippen molar-refractivity contribution in [2.45, 2.75) is 12.8 Å². The Hall–Kier alpha value is -0.540. The average Bonchev–Trinajstić information content (AvgIpc) is 2.16. The van der Waals surface area contributed by atoms with E-state index in [2.05, 4.69) is 22.0 Å². The number of benzene rings is 1. The van der Waals surface area contributed by atoms with Crippen molar-refractivity contribution in [1.82, 2.24) is 0 Å². The molecule has 0 amide bonds. The third kappa shape index (κ3) is 3.01. The number of ether oxygens (including phenoxy) is 1. The minimum atomic E-state index is 0.735. The first-order chi connectivity index (χ1) is 6.27. The molecule has 0 atom stereocenters. The van der Waals surface area contributed by atoms with E-state index in [4.69, 9.17) is 10.5 Å². The van der Waals surface area contributed by atoms with E-state index in [9.17, 15) is 0 Å². The molecule has 0 spiro atoms. The van der Waals surface area contributed by atoms with Crippen LogP contribution >= 0.6 is 15.9 Å². The van der Waals surface area contributed by atoms with Crippen molar-refractivity contribution in [2.24, 2.45) is 5.73 Å². The van der Waals surface area contributed by atoms with Crippen molar-refractivity contribution in [1.29, 1.82) is 0 Å². The molecule has 0 aliphatic carbocycles. The first-order valence-corrected chi connectivity index (χ1v) is 5.09. The molecule has 0 fully saturated rings. The molecule has 2 N–H and O–H groups in total. The van der Waals surface area contributed by atoms with Gasteiger partial charge in [0, 0.05) is 4.47 Å². The molecule has 0 unspecified atom stereocenters. The van der Waals surface area contributed by atoms with Crippen LogP contribution in [0.5, 0.6) is 5.75 Å². The largest absolute Gasteiger partial charge is 0.497 e. The number of hydrogen-bond acceptors (Lipinski definition) is 2. The fraction of sp³-hybridized carbons (Fsp3) is 0.400. The van der Waals surface area contributed by atoms with Gasteiger partial charge >= 0.3 is 0 Å². The number of methoxy groups -OCH3 is 1. The van der Waals surface area contributed by atoms with E-state index in [-0.39, 0.29) is 0 Å². The lowest BCUT2D eigenvalue weighted by Crippen LogP contribution is -2.00. The number of nitrogens with two attached hydrogens (primary N) is 1. The topological polar surface area (TPSA) is 35.2 Å². The third-order valence-corrected chi connectivity index (χ3v) is 2.65. The van der Waals surface area contributed by atoms with E-state index in [1.54, 1.807) is 7.11 Å². The van der Waals surface area contributed by atoms with Crippen LogP contribution in [-0.4, -0.2) is 13.7 Å². The van der Waals surface area contributed by atoms with Crippen LogP contribution in [0.25, 0.3) is 0 Å². The molecular formula is C10H14BrNO. The van der Waals surface area contributed by atoms with E-state index >= 15 is 0 Å². The summed E-state index contributed by atoms with van der Waals surface area (Å²) in [4.78, 5) is 0. The monoisotopic (exact) mass is 243 g/mol. The maximum atomic E-state index is 5.44. The van der Waals surface area contributed by atoms with Gasteiger partial charge in [-0.1, -0.05) is 22.0 Å². The molecule has 3 heteroatoms. The molecule has 0 saturated heterocycles. The van der Waals surface area contributed by atoms with Crippen LogP contribution in [0.15, 0.2) is 22.7 Å². The van der Waals surface area contributed by atoms with Crippen molar-refractivity contribution in [3.05, 3.63) is 28.2 Å². The number of aryl methyl sites for hydroxylation is 1. The van der Waals surface area contributed by atoms with E-state index < -0.39 is 0 Å². The van der Waals surface area contributed by atoms with Crippen LogP contribution in [-0.2, 0) is 6.42 Å². The molecule has 72 valence electrons. The Labute approximate surface area is 87.2 Å². The predicted molar refractivity (Wildman–Crippen MR) is 58.1 cm³/mol. The van der Waals surface area contributed by atoms with Crippen LogP contribution in [0.2, 0.25) is 0 Å². The highest BCUT2D eigenvalue weighted by Crippen LogP contribution is 2.23. The molecule has 0 aliphatic rings. The Kier molecular flexibility index (Phi) is 4.25. The van der Waals surface area contributed by atoms with Gasteiger partial charge in [-0.05, 0) is 37.1 Å². The van der Waals surface area contributed by atoms with Crippen LogP contribution in [0.4, 0.5) is 0 Å². The van der Waals surface area contributed by atoms with Gasteiger partial charge < -0.3 is 10.5 Å².